The molecule has 17 heavy (non-hydrogen) atoms. The molecule has 1 amide bonds. The minimum Gasteiger partial charge on any atom is -0.481 e. The van der Waals surface area contributed by atoms with E-state index in [1.54, 1.807) is 6.20 Å². The molecule has 0 aliphatic heterocycles. The Labute approximate surface area is 98.4 Å². The van der Waals surface area contributed by atoms with E-state index >= 15 is 0 Å². The van der Waals surface area contributed by atoms with Gasteiger partial charge in [0.2, 0.25) is 5.91 Å². The number of hydrogen-bond donors (Lipinski definition) is 4. The quantitative estimate of drug-likeness (QED) is 0.562. The lowest BCUT2D eigenvalue weighted by Gasteiger charge is -2.10. The summed E-state index contributed by atoms with van der Waals surface area (Å²) in [5.41, 5.74) is 6.44. The van der Waals surface area contributed by atoms with Gasteiger partial charge in [0.05, 0.1) is 12.2 Å². The van der Waals surface area contributed by atoms with Gasteiger partial charge in [0.1, 0.15) is 5.82 Å². The Hall–Kier alpha value is -1.89. The summed E-state index contributed by atoms with van der Waals surface area (Å²) in [7, 11) is 0. The third-order valence-corrected chi connectivity index (χ3v) is 2.35. The first-order valence-corrected chi connectivity index (χ1v) is 5.35. The Kier molecular flexibility index (Phi) is 4.65. The SMILES string of the molecule is CCc1cn[nH]c1NC(=O)C(N)CCC(=O)O. The second-order valence-corrected chi connectivity index (χ2v) is 3.65. The molecule has 1 heterocycles. The van der Waals surface area contributed by atoms with E-state index in [1.165, 1.54) is 0 Å². The first kappa shape index (κ1) is 13.2. The van der Waals surface area contributed by atoms with Gasteiger partial charge in [0.25, 0.3) is 0 Å². The molecule has 0 radical (unpaired) electrons. The van der Waals surface area contributed by atoms with Crippen LogP contribution in [0.2, 0.25) is 0 Å². The summed E-state index contributed by atoms with van der Waals surface area (Å²) in [6, 6.07) is -0.834. The molecule has 0 aliphatic carbocycles. The minimum absolute atomic E-state index is 0.108. The van der Waals surface area contributed by atoms with Crippen molar-refractivity contribution in [3.05, 3.63) is 11.8 Å². The fourth-order valence-electron chi connectivity index (χ4n) is 1.31. The number of nitrogens with two attached hydrogens (primary N) is 1. The maximum atomic E-state index is 11.6. The van der Waals surface area contributed by atoms with Gasteiger partial charge in [-0.05, 0) is 12.8 Å². The van der Waals surface area contributed by atoms with Crippen molar-refractivity contribution in [3.8, 4) is 0 Å². The van der Waals surface area contributed by atoms with Crippen LogP contribution in [-0.4, -0.2) is 33.2 Å². The second-order valence-electron chi connectivity index (χ2n) is 3.65. The molecule has 0 aromatic carbocycles. The topological polar surface area (TPSA) is 121 Å². The normalized spacial score (nSPS) is 12.1. The molecule has 5 N–H and O–H groups in total. The van der Waals surface area contributed by atoms with Gasteiger partial charge < -0.3 is 16.2 Å². The van der Waals surface area contributed by atoms with Crippen molar-refractivity contribution in [1.29, 1.82) is 0 Å². The molecular weight excluding hydrogens is 224 g/mol. The lowest BCUT2D eigenvalue weighted by atomic mass is 10.1. The summed E-state index contributed by atoms with van der Waals surface area (Å²) in [6.45, 7) is 1.94. The van der Waals surface area contributed by atoms with E-state index in [4.69, 9.17) is 10.8 Å². The zero-order chi connectivity index (χ0) is 12.8. The Bertz CT molecular complexity index is 402. The van der Waals surface area contributed by atoms with E-state index in [9.17, 15) is 9.59 Å². The molecule has 0 aliphatic rings. The van der Waals surface area contributed by atoms with E-state index in [0.717, 1.165) is 12.0 Å². The van der Waals surface area contributed by atoms with Crippen LogP contribution in [0.25, 0.3) is 0 Å². The first-order valence-electron chi connectivity index (χ1n) is 5.35. The number of carbonyl (C=O) groups is 2. The number of amides is 1. The van der Waals surface area contributed by atoms with Crippen molar-refractivity contribution < 1.29 is 14.7 Å². The van der Waals surface area contributed by atoms with Crippen molar-refractivity contribution in [2.24, 2.45) is 5.73 Å². The zero-order valence-corrected chi connectivity index (χ0v) is 9.56. The van der Waals surface area contributed by atoms with E-state index < -0.39 is 17.9 Å². The second kappa shape index (κ2) is 6.00. The number of aryl methyl sites for hydroxylation is 1. The van der Waals surface area contributed by atoms with Crippen LogP contribution in [0.5, 0.6) is 0 Å². The summed E-state index contributed by atoms with van der Waals surface area (Å²) < 4.78 is 0. The number of carboxylic acid groups (broad SMARTS) is 1. The smallest absolute Gasteiger partial charge is 0.303 e. The predicted octanol–water partition coefficient (Wildman–Crippen LogP) is 0.103. The molecule has 0 spiro atoms. The van der Waals surface area contributed by atoms with Crippen LogP contribution in [0, 0.1) is 0 Å². The van der Waals surface area contributed by atoms with Crippen molar-refractivity contribution in [2.45, 2.75) is 32.2 Å². The van der Waals surface area contributed by atoms with Gasteiger partial charge in [0, 0.05) is 12.0 Å². The number of rotatable bonds is 6. The number of aromatic amines is 1. The molecule has 1 unspecified atom stereocenters. The Balaban J connectivity index is 2.51. The number of anilines is 1. The number of H-pyrrole nitrogens is 1. The average molecular weight is 240 g/mol. The molecule has 7 nitrogen and oxygen atoms in total. The molecule has 1 aromatic heterocycles. The van der Waals surface area contributed by atoms with E-state index in [1.807, 2.05) is 6.92 Å². The fraction of sp³-hybridized carbons (Fsp3) is 0.500. The van der Waals surface area contributed by atoms with Crippen LogP contribution < -0.4 is 11.1 Å². The highest BCUT2D eigenvalue weighted by Crippen LogP contribution is 2.11. The molecule has 0 saturated carbocycles. The molecule has 1 aromatic rings. The summed E-state index contributed by atoms with van der Waals surface area (Å²) in [6.07, 6.45) is 2.34. The average Bonchev–Trinajstić information content (AvgIpc) is 2.72. The first-order chi connectivity index (χ1) is 8.04. The summed E-state index contributed by atoms with van der Waals surface area (Å²) in [5.74, 6) is -0.863. The summed E-state index contributed by atoms with van der Waals surface area (Å²) in [4.78, 5) is 22.0. The van der Waals surface area contributed by atoms with Gasteiger partial charge >= 0.3 is 5.97 Å². The third kappa shape index (κ3) is 3.87. The molecule has 7 heteroatoms. The number of nitrogens with one attached hydrogen (secondary N) is 2. The fourth-order valence-corrected chi connectivity index (χ4v) is 1.31. The third-order valence-electron chi connectivity index (χ3n) is 2.35. The maximum Gasteiger partial charge on any atom is 0.303 e. The zero-order valence-electron chi connectivity index (χ0n) is 9.56. The van der Waals surface area contributed by atoms with Crippen LogP contribution in [-0.2, 0) is 16.0 Å². The van der Waals surface area contributed by atoms with Gasteiger partial charge in [-0.25, -0.2) is 0 Å². The highest BCUT2D eigenvalue weighted by Gasteiger charge is 2.16. The standard InChI is InChI=1S/C10H16N4O3/c1-2-6-5-12-14-9(6)13-10(17)7(11)3-4-8(15)16/h5,7H,2-4,11H2,1H3,(H,15,16)(H2,12,13,14,17). The molecule has 1 rings (SSSR count). The number of aromatic nitrogens is 2. The number of hydrogen-bond acceptors (Lipinski definition) is 4. The van der Waals surface area contributed by atoms with Crippen LogP contribution in [0.4, 0.5) is 5.82 Å². The molecule has 0 saturated heterocycles. The molecular formula is C10H16N4O3. The van der Waals surface area contributed by atoms with Gasteiger partial charge in [0.15, 0.2) is 0 Å². The highest BCUT2D eigenvalue weighted by atomic mass is 16.4. The number of carboxylic acids is 1. The predicted molar refractivity (Wildman–Crippen MR) is 61.4 cm³/mol. The monoisotopic (exact) mass is 240 g/mol. The van der Waals surface area contributed by atoms with Crippen molar-refractivity contribution >= 4 is 17.7 Å². The lowest BCUT2D eigenvalue weighted by molar-refractivity contribution is -0.137. The molecule has 0 bridgehead atoms. The van der Waals surface area contributed by atoms with Gasteiger partial charge in [-0.15, -0.1) is 0 Å². The highest BCUT2D eigenvalue weighted by molar-refractivity contribution is 5.94. The van der Waals surface area contributed by atoms with E-state index in [0.29, 0.717) is 5.82 Å². The summed E-state index contributed by atoms with van der Waals surface area (Å²) in [5, 5.41) is 17.5. The maximum absolute atomic E-state index is 11.6. The van der Waals surface area contributed by atoms with Crippen LogP contribution in [0.3, 0.4) is 0 Å². The lowest BCUT2D eigenvalue weighted by Crippen LogP contribution is -2.36. The number of nitrogens with zero attached hydrogens (tertiary/aromatic N) is 1. The van der Waals surface area contributed by atoms with Gasteiger partial charge in [-0.2, -0.15) is 5.10 Å². The number of carbonyl (C=O) groups excluding carboxylic acids is 1. The van der Waals surface area contributed by atoms with Crippen molar-refractivity contribution in [2.75, 3.05) is 5.32 Å². The van der Waals surface area contributed by atoms with Crippen molar-refractivity contribution in [1.82, 2.24) is 10.2 Å². The molecule has 94 valence electrons. The molecule has 0 fully saturated rings. The van der Waals surface area contributed by atoms with E-state index in [2.05, 4.69) is 15.5 Å². The van der Waals surface area contributed by atoms with Crippen LogP contribution in [0.15, 0.2) is 6.20 Å². The van der Waals surface area contributed by atoms with Crippen molar-refractivity contribution in [3.63, 3.8) is 0 Å². The number of aliphatic carboxylic acids is 1. The van der Waals surface area contributed by atoms with Crippen LogP contribution in [0.1, 0.15) is 25.3 Å². The van der Waals surface area contributed by atoms with Gasteiger partial charge in [-0.1, -0.05) is 6.92 Å². The molecule has 1 atom stereocenters. The Morgan fingerprint density at radius 3 is 2.94 bits per heavy atom. The Morgan fingerprint density at radius 2 is 2.35 bits per heavy atom. The largest absolute Gasteiger partial charge is 0.481 e. The Morgan fingerprint density at radius 1 is 1.65 bits per heavy atom. The van der Waals surface area contributed by atoms with Gasteiger partial charge in [-0.3, -0.25) is 14.7 Å². The van der Waals surface area contributed by atoms with Crippen LogP contribution >= 0.6 is 0 Å². The van der Waals surface area contributed by atoms with E-state index in [-0.39, 0.29) is 12.8 Å². The summed E-state index contributed by atoms with van der Waals surface area (Å²) >= 11 is 0. The minimum atomic E-state index is -0.968.